The van der Waals surface area contributed by atoms with Crippen LogP contribution in [0.15, 0.2) is 54.7 Å². The molecule has 0 aliphatic heterocycles. The number of para-hydroxylation sites is 3. The van der Waals surface area contributed by atoms with Crippen LogP contribution in [0, 0.1) is 0 Å². The van der Waals surface area contributed by atoms with Gasteiger partial charge in [0.15, 0.2) is 0 Å². The molecule has 0 bridgehead atoms. The normalized spacial score (nSPS) is 10.4. The van der Waals surface area contributed by atoms with Gasteiger partial charge in [-0.2, -0.15) is 0 Å². The van der Waals surface area contributed by atoms with Crippen molar-refractivity contribution in [2.24, 2.45) is 0 Å². The molecular weight excluding hydrogens is 304 g/mol. The van der Waals surface area contributed by atoms with Gasteiger partial charge < -0.3 is 14.8 Å². The summed E-state index contributed by atoms with van der Waals surface area (Å²) >= 11 is 0. The zero-order chi connectivity index (χ0) is 16.9. The first-order valence-electron chi connectivity index (χ1n) is 7.69. The van der Waals surface area contributed by atoms with E-state index in [4.69, 9.17) is 9.47 Å². The largest absolute Gasteiger partial charge is 0.495 e. The summed E-state index contributed by atoms with van der Waals surface area (Å²) in [7, 11) is 1.61. The number of hydrogen-bond acceptors (Lipinski definition) is 5. The molecule has 1 aromatic heterocycles. The summed E-state index contributed by atoms with van der Waals surface area (Å²) in [6.07, 6.45) is 1.54. The lowest BCUT2D eigenvalue weighted by Gasteiger charge is -2.16. The molecule has 0 fully saturated rings. The van der Waals surface area contributed by atoms with Crippen LogP contribution in [0.5, 0.6) is 5.75 Å². The van der Waals surface area contributed by atoms with E-state index in [1.807, 2.05) is 48.5 Å². The van der Waals surface area contributed by atoms with E-state index in [2.05, 4.69) is 10.3 Å². The van der Waals surface area contributed by atoms with E-state index in [1.165, 1.54) is 6.20 Å². The third-order valence-corrected chi connectivity index (χ3v) is 3.64. The molecule has 5 nitrogen and oxygen atoms in total. The minimum absolute atomic E-state index is 0.305. The number of aromatic nitrogens is 1. The molecule has 0 radical (unpaired) electrons. The van der Waals surface area contributed by atoms with Crippen LogP contribution in [0.25, 0.3) is 10.9 Å². The van der Waals surface area contributed by atoms with Crippen molar-refractivity contribution >= 4 is 28.2 Å². The van der Waals surface area contributed by atoms with Crippen LogP contribution in [-0.4, -0.2) is 24.7 Å². The predicted molar refractivity (Wildman–Crippen MR) is 94.0 cm³/mol. The van der Waals surface area contributed by atoms with Gasteiger partial charge >= 0.3 is 5.97 Å². The van der Waals surface area contributed by atoms with Crippen molar-refractivity contribution < 1.29 is 14.3 Å². The molecule has 2 aromatic carbocycles. The SMILES string of the molecule is CCOC(=O)c1cnc2ccccc2c1Nc1ccccc1OC. The molecule has 0 atom stereocenters. The van der Waals surface area contributed by atoms with Gasteiger partial charge in [0.2, 0.25) is 0 Å². The first-order valence-corrected chi connectivity index (χ1v) is 7.69. The average molecular weight is 322 g/mol. The molecule has 0 aliphatic carbocycles. The summed E-state index contributed by atoms with van der Waals surface area (Å²) < 4.78 is 10.5. The zero-order valence-electron chi connectivity index (χ0n) is 13.6. The van der Waals surface area contributed by atoms with Crippen molar-refractivity contribution in [3.63, 3.8) is 0 Å². The lowest BCUT2D eigenvalue weighted by molar-refractivity contribution is 0.0527. The van der Waals surface area contributed by atoms with Gasteiger partial charge in [-0.1, -0.05) is 30.3 Å². The topological polar surface area (TPSA) is 60.5 Å². The minimum Gasteiger partial charge on any atom is -0.495 e. The number of rotatable bonds is 5. The van der Waals surface area contributed by atoms with E-state index in [-0.39, 0.29) is 0 Å². The van der Waals surface area contributed by atoms with Gasteiger partial charge in [0.1, 0.15) is 11.3 Å². The molecule has 0 saturated carbocycles. The Balaban J connectivity index is 2.16. The Morgan fingerprint density at radius 1 is 1.12 bits per heavy atom. The number of nitrogens with zero attached hydrogens (tertiary/aromatic N) is 1. The van der Waals surface area contributed by atoms with Gasteiger partial charge in [0.25, 0.3) is 0 Å². The van der Waals surface area contributed by atoms with Gasteiger partial charge in [0, 0.05) is 11.6 Å². The van der Waals surface area contributed by atoms with Gasteiger partial charge in [-0.25, -0.2) is 4.79 Å². The molecule has 122 valence electrons. The highest BCUT2D eigenvalue weighted by Crippen LogP contribution is 2.33. The van der Waals surface area contributed by atoms with Gasteiger partial charge in [-0.05, 0) is 25.1 Å². The molecule has 0 aliphatic rings. The van der Waals surface area contributed by atoms with E-state index in [9.17, 15) is 4.79 Å². The maximum atomic E-state index is 12.3. The van der Waals surface area contributed by atoms with E-state index in [0.29, 0.717) is 23.6 Å². The molecule has 24 heavy (non-hydrogen) atoms. The van der Waals surface area contributed by atoms with Crippen molar-refractivity contribution in [1.29, 1.82) is 0 Å². The maximum Gasteiger partial charge on any atom is 0.341 e. The lowest BCUT2D eigenvalue weighted by Crippen LogP contribution is -2.09. The molecular formula is C19H18N2O3. The van der Waals surface area contributed by atoms with E-state index >= 15 is 0 Å². The van der Waals surface area contributed by atoms with Crippen LogP contribution in [0.1, 0.15) is 17.3 Å². The fourth-order valence-corrected chi connectivity index (χ4v) is 2.52. The zero-order valence-corrected chi connectivity index (χ0v) is 13.6. The summed E-state index contributed by atoms with van der Waals surface area (Å²) in [5, 5.41) is 4.15. The number of anilines is 2. The Hall–Kier alpha value is -3.08. The molecule has 1 N–H and O–H groups in total. The highest BCUT2D eigenvalue weighted by Gasteiger charge is 2.17. The number of benzene rings is 2. The van der Waals surface area contributed by atoms with Gasteiger partial charge in [0.05, 0.1) is 30.6 Å². The number of esters is 1. The second-order valence-electron chi connectivity index (χ2n) is 5.11. The van der Waals surface area contributed by atoms with Crippen molar-refractivity contribution in [2.75, 3.05) is 19.0 Å². The third-order valence-electron chi connectivity index (χ3n) is 3.64. The van der Waals surface area contributed by atoms with E-state index in [0.717, 1.165) is 16.6 Å². The summed E-state index contributed by atoms with van der Waals surface area (Å²) in [5.41, 5.74) is 2.61. The molecule has 0 spiro atoms. The van der Waals surface area contributed by atoms with Crippen LogP contribution in [0.3, 0.4) is 0 Å². The quantitative estimate of drug-likeness (QED) is 0.715. The van der Waals surface area contributed by atoms with Crippen molar-refractivity contribution in [3.8, 4) is 5.75 Å². The maximum absolute atomic E-state index is 12.3. The van der Waals surface area contributed by atoms with Gasteiger partial charge in [-0.3, -0.25) is 4.98 Å². The highest BCUT2D eigenvalue weighted by molar-refractivity contribution is 6.06. The lowest BCUT2D eigenvalue weighted by atomic mass is 10.1. The van der Waals surface area contributed by atoms with Crippen LogP contribution in [-0.2, 0) is 4.74 Å². The highest BCUT2D eigenvalue weighted by atomic mass is 16.5. The number of nitrogens with one attached hydrogen (secondary N) is 1. The molecule has 5 heteroatoms. The van der Waals surface area contributed by atoms with E-state index in [1.54, 1.807) is 14.0 Å². The summed E-state index contributed by atoms with van der Waals surface area (Å²) in [6.45, 7) is 2.08. The van der Waals surface area contributed by atoms with Crippen molar-refractivity contribution in [2.45, 2.75) is 6.92 Å². The van der Waals surface area contributed by atoms with Crippen LogP contribution in [0.4, 0.5) is 11.4 Å². The first-order chi connectivity index (χ1) is 11.7. The summed E-state index contributed by atoms with van der Waals surface area (Å²) in [5.74, 6) is 0.279. The number of pyridine rings is 1. The fraction of sp³-hybridized carbons (Fsp3) is 0.158. The van der Waals surface area contributed by atoms with E-state index < -0.39 is 5.97 Å². The third kappa shape index (κ3) is 3.01. The molecule has 3 aromatic rings. The van der Waals surface area contributed by atoms with Crippen LogP contribution in [0.2, 0.25) is 0 Å². The smallest absolute Gasteiger partial charge is 0.341 e. The second kappa shape index (κ2) is 7.00. The summed E-state index contributed by atoms with van der Waals surface area (Å²) in [4.78, 5) is 16.7. The predicted octanol–water partition coefficient (Wildman–Crippen LogP) is 4.16. The molecule has 1 heterocycles. The Morgan fingerprint density at radius 3 is 2.67 bits per heavy atom. The van der Waals surface area contributed by atoms with Crippen molar-refractivity contribution in [3.05, 3.63) is 60.3 Å². The molecule has 0 amide bonds. The average Bonchev–Trinajstić information content (AvgIpc) is 2.62. The number of carbonyl (C=O) groups excluding carboxylic acids is 1. The monoisotopic (exact) mass is 322 g/mol. The number of carbonyl (C=O) groups is 1. The summed E-state index contributed by atoms with van der Waals surface area (Å²) in [6, 6.07) is 15.2. The number of methoxy groups -OCH3 is 1. The second-order valence-corrected chi connectivity index (χ2v) is 5.11. The first kappa shape index (κ1) is 15.8. The number of ether oxygens (including phenoxy) is 2. The molecule has 0 saturated heterocycles. The fourth-order valence-electron chi connectivity index (χ4n) is 2.52. The molecule has 3 rings (SSSR count). The van der Waals surface area contributed by atoms with Crippen LogP contribution >= 0.6 is 0 Å². The Bertz CT molecular complexity index is 877. The van der Waals surface area contributed by atoms with Gasteiger partial charge in [-0.15, -0.1) is 0 Å². The minimum atomic E-state index is -0.409. The standard InChI is InChI=1S/C19H18N2O3/c1-3-24-19(22)14-12-20-15-9-5-4-8-13(15)18(14)21-16-10-6-7-11-17(16)23-2/h4-12H,3H2,1-2H3,(H,20,21). The number of fused-ring (bicyclic) bond motifs is 1. The number of hydrogen-bond donors (Lipinski definition) is 1. The van der Waals surface area contributed by atoms with Crippen LogP contribution < -0.4 is 10.1 Å². The Morgan fingerprint density at radius 2 is 1.88 bits per heavy atom. The molecule has 0 unspecified atom stereocenters. The Labute approximate surface area is 140 Å². The van der Waals surface area contributed by atoms with Crippen molar-refractivity contribution in [1.82, 2.24) is 4.98 Å². The Kier molecular flexibility index (Phi) is 4.61.